The summed E-state index contributed by atoms with van der Waals surface area (Å²) in [6.45, 7) is 6.69. The normalized spacial score (nSPS) is 32.7. The molecule has 88 valence electrons. The van der Waals surface area contributed by atoms with Crippen molar-refractivity contribution in [2.24, 2.45) is 23.0 Å². The highest BCUT2D eigenvalue weighted by molar-refractivity contribution is 5.67. The van der Waals surface area contributed by atoms with Gasteiger partial charge in [-0.3, -0.25) is 4.79 Å². The standard InChI is InChI=1S/C12H23NO2/c1-12(2,3)9-4-5-10(13)8(6-9)7-11(14)15/h8-10H,4-7,13H2,1-3H3,(H,14,15). The van der Waals surface area contributed by atoms with E-state index in [-0.39, 0.29) is 23.8 Å². The second-order valence-electron chi connectivity index (χ2n) is 5.90. The third-order valence-electron chi connectivity index (χ3n) is 3.70. The Morgan fingerprint density at radius 1 is 1.40 bits per heavy atom. The van der Waals surface area contributed by atoms with E-state index in [0.29, 0.717) is 5.92 Å². The third kappa shape index (κ3) is 3.49. The van der Waals surface area contributed by atoms with Crippen molar-refractivity contribution in [3.8, 4) is 0 Å². The van der Waals surface area contributed by atoms with Crippen LogP contribution in [0.15, 0.2) is 0 Å². The molecular weight excluding hydrogens is 190 g/mol. The Morgan fingerprint density at radius 2 is 2.00 bits per heavy atom. The molecule has 0 aromatic heterocycles. The highest BCUT2D eigenvalue weighted by Gasteiger charge is 2.35. The van der Waals surface area contributed by atoms with Gasteiger partial charge in [-0.25, -0.2) is 0 Å². The van der Waals surface area contributed by atoms with Crippen molar-refractivity contribution in [3.05, 3.63) is 0 Å². The van der Waals surface area contributed by atoms with Gasteiger partial charge in [-0.05, 0) is 36.5 Å². The minimum atomic E-state index is -0.718. The summed E-state index contributed by atoms with van der Waals surface area (Å²) in [5, 5.41) is 8.82. The Hall–Kier alpha value is -0.570. The lowest BCUT2D eigenvalue weighted by molar-refractivity contribution is -0.138. The van der Waals surface area contributed by atoms with E-state index in [1.54, 1.807) is 0 Å². The Bertz CT molecular complexity index is 232. The van der Waals surface area contributed by atoms with Crippen LogP contribution in [0.25, 0.3) is 0 Å². The molecule has 0 bridgehead atoms. The van der Waals surface area contributed by atoms with E-state index in [1.165, 1.54) is 0 Å². The van der Waals surface area contributed by atoms with E-state index in [1.807, 2.05) is 0 Å². The van der Waals surface area contributed by atoms with Gasteiger partial charge in [0.2, 0.25) is 0 Å². The van der Waals surface area contributed by atoms with Gasteiger partial charge in [0.25, 0.3) is 0 Å². The lowest BCUT2D eigenvalue weighted by atomic mass is 9.67. The first kappa shape index (κ1) is 12.5. The zero-order chi connectivity index (χ0) is 11.6. The SMILES string of the molecule is CC(C)(C)C1CCC(N)C(CC(=O)O)C1. The fourth-order valence-electron chi connectivity index (χ4n) is 2.53. The molecule has 0 aromatic rings. The molecule has 0 saturated heterocycles. The molecule has 15 heavy (non-hydrogen) atoms. The van der Waals surface area contributed by atoms with Crippen LogP contribution in [0.2, 0.25) is 0 Å². The fraction of sp³-hybridized carbons (Fsp3) is 0.917. The van der Waals surface area contributed by atoms with Crippen LogP contribution in [0.5, 0.6) is 0 Å². The van der Waals surface area contributed by atoms with E-state index >= 15 is 0 Å². The summed E-state index contributed by atoms with van der Waals surface area (Å²) in [5.41, 5.74) is 6.24. The first-order valence-corrected chi connectivity index (χ1v) is 5.78. The lowest BCUT2D eigenvalue weighted by Gasteiger charge is -2.40. The van der Waals surface area contributed by atoms with Gasteiger partial charge in [0.1, 0.15) is 0 Å². The lowest BCUT2D eigenvalue weighted by Crippen LogP contribution is -2.40. The molecule has 0 radical (unpaired) electrons. The number of carbonyl (C=O) groups is 1. The van der Waals surface area contributed by atoms with Crippen molar-refractivity contribution >= 4 is 5.97 Å². The molecule has 0 aromatic carbocycles. The van der Waals surface area contributed by atoms with Crippen LogP contribution < -0.4 is 5.73 Å². The fourth-order valence-corrected chi connectivity index (χ4v) is 2.53. The van der Waals surface area contributed by atoms with Gasteiger partial charge in [-0.1, -0.05) is 20.8 Å². The van der Waals surface area contributed by atoms with E-state index in [4.69, 9.17) is 10.8 Å². The molecule has 1 saturated carbocycles. The maximum Gasteiger partial charge on any atom is 0.303 e. The Balaban J connectivity index is 2.60. The van der Waals surface area contributed by atoms with Crippen LogP contribution in [0.1, 0.15) is 46.5 Å². The highest BCUT2D eigenvalue weighted by Crippen LogP contribution is 2.40. The topological polar surface area (TPSA) is 63.3 Å². The van der Waals surface area contributed by atoms with Crippen LogP contribution in [0, 0.1) is 17.3 Å². The minimum absolute atomic E-state index is 0.0831. The van der Waals surface area contributed by atoms with Crippen LogP contribution in [0.3, 0.4) is 0 Å². The van der Waals surface area contributed by atoms with Gasteiger partial charge in [-0.15, -0.1) is 0 Å². The zero-order valence-electron chi connectivity index (χ0n) is 9.99. The zero-order valence-corrected chi connectivity index (χ0v) is 9.99. The molecule has 3 unspecified atom stereocenters. The second-order valence-corrected chi connectivity index (χ2v) is 5.90. The molecule has 0 spiro atoms. The number of hydrogen-bond acceptors (Lipinski definition) is 2. The van der Waals surface area contributed by atoms with Crippen LogP contribution >= 0.6 is 0 Å². The highest BCUT2D eigenvalue weighted by atomic mass is 16.4. The van der Waals surface area contributed by atoms with Crippen molar-refractivity contribution in [1.82, 2.24) is 0 Å². The minimum Gasteiger partial charge on any atom is -0.481 e. The monoisotopic (exact) mass is 213 g/mol. The maximum atomic E-state index is 10.7. The van der Waals surface area contributed by atoms with Crippen molar-refractivity contribution in [2.75, 3.05) is 0 Å². The maximum absolute atomic E-state index is 10.7. The van der Waals surface area contributed by atoms with Gasteiger partial charge >= 0.3 is 5.97 Å². The first-order chi connectivity index (χ1) is 6.80. The Morgan fingerprint density at radius 3 is 2.47 bits per heavy atom. The molecule has 3 atom stereocenters. The van der Waals surface area contributed by atoms with Gasteiger partial charge in [0.15, 0.2) is 0 Å². The summed E-state index contributed by atoms with van der Waals surface area (Å²) in [4.78, 5) is 10.7. The molecule has 1 aliphatic rings. The molecule has 3 N–H and O–H groups in total. The summed E-state index contributed by atoms with van der Waals surface area (Å²) >= 11 is 0. The van der Waals surface area contributed by atoms with Gasteiger partial charge in [-0.2, -0.15) is 0 Å². The second kappa shape index (κ2) is 4.52. The van der Waals surface area contributed by atoms with Crippen molar-refractivity contribution < 1.29 is 9.90 Å². The van der Waals surface area contributed by atoms with E-state index in [2.05, 4.69) is 20.8 Å². The smallest absolute Gasteiger partial charge is 0.303 e. The molecule has 1 rings (SSSR count). The van der Waals surface area contributed by atoms with Gasteiger partial charge in [0, 0.05) is 12.5 Å². The number of nitrogens with two attached hydrogens (primary N) is 1. The molecule has 3 nitrogen and oxygen atoms in total. The van der Waals surface area contributed by atoms with Crippen molar-refractivity contribution in [2.45, 2.75) is 52.5 Å². The van der Waals surface area contributed by atoms with E-state index < -0.39 is 5.97 Å². The number of carboxylic acid groups (broad SMARTS) is 1. The summed E-state index contributed by atoms with van der Waals surface area (Å²) < 4.78 is 0. The van der Waals surface area contributed by atoms with Crippen LogP contribution in [-0.2, 0) is 4.79 Å². The first-order valence-electron chi connectivity index (χ1n) is 5.78. The predicted octanol–water partition coefficient (Wildman–Crippen LogP) is 2.25. The van der Waals surface area contributed by atoms with Gasteiger partial charge < -0.3 is 10.8 Å². The summed E-state index contributed by atoms with van der Waals surface area (Å²) in [7, 11) is 0. The number of aliphatic carboxylic acids is 1. The summed E-state index contributed by atoms with van der Waals surface area (Å²) in [5.74, 6) is 0.0622. The average molecular weight is 213 g/mol. The summed E-state index contributed by atoms with van der Waals surface area (Å²) in [6.07, 6.45) is 3.31. The molecule has 0 heterocycles. The van der Waals surface area contributed by atoms with Gasteiger partial charge in [0.05, 0.1) is 0 Å². The van der Waals surface area contributed by atoms with E-state index in [9.17, 15) is 4.79 Å². The number of rotatable bonds is 2. The number of carboxylic acids is 1. The summed E-state index contributed by atoms with van der Waals surface area (Å²) in [6, 6.07) is 0.0831. The van der Waals surface area contributed by atoms with Crippen LogP contribution in [-0.4, -0.2) is 17.1 Å². The molecule has 1 aliphatic carbocycles. The molecule has 1 fully saturated rings. The predicted molar refractivity (Wildman–Crippen MR) is 60.5 cm³/mol. The number of hydrogen-bond donors (Lipinski definition) is 2. The molecule has 0 amide bonds. The van der Waals surface area contributed by atoms with Crippen molar-refractivity contribution in [1.29, 1.82) is 0 Å². The average Bonchev–Trinajstić information content (AvgIpc) is 2.06. The molecular formula is C12H23NO2. The Labute approximate surface area is 92.0 Å². The van der Waals surface area contributed by atoms with E-state index in [0.717, 1.165) is 19.3 Å². The molecule has 0 aliphatic heterocycles. The largest absolute Gasteiger partial charge is 0.481 e. The molecule has 3 heteroatoms. The Kier molecular flexibility index (Phi) is 3.77. The van der Waals surface area contributed by atoms with Crippen LogP contribution in [0.4, 0.5) is 0 Å². The third-order valence-corrected chi connectivity index (χ3v) is 3.70. The quantitative estimate of drug-likeness (QED) is 0.739. The van der Waals surface area contributed by atoms with Crippen molar-refractivity contribution in [3.63, 3.8) is 0 Å².